The van der Waals surface area contributed by atoms with Crippen molar-refractivity contribution in [3.05, 3.63) is 17.5 Å². The van der Waals surface area contributed by atoms with Gasteiger partial charge in [0.05, 0.1) is 6.10 Å². The van der Waals surface area contributed by atoms with Crippen LogP contribution in [0.25, 0.3) is 0 Å². The van der Waals surface area contributed by atoms with Gasteiger partial charge >= 0.3 is 0 Å². The molecule has 7 nitrogen and oxygen atoms in total. The van der Waals surface area contributed by atoms with E-state index in [0.29, 0.717) is 35.7 Å². The van der Waals surface area contributed by atoms with Crippen molar-refractivity contribution in [3.8, 4) is 0 Å². The number of hydrogen-bond donors (Lipinski definition) is 3. The standard InChI is InChI=1S/C19H34N4O3S2.HI/c1-5-20-18(21-10-11-23-28(24,25)16-9-7-13-27-16)22-14-15-8-6-12-26-17(15)19(2,3)4;/h7,9,13,15,17,23H,5-6,8,10-12,14H2,1-4H3,(H2,20,21,22);1H. The number of aliphatic imine (C=N–C) groups is 1. The number of ether oxygens (including phenoxy) is 1. The van der Waals surface area contributed by atoms with Crippen molar-refractivity contribution in [2.75, 3.05) is 32.8 Å². The van der Waals surface area contributed by atoms with Gasteiger partial charge in [-0.3, -0.25) is 4.99 Å². The van der Waals surface area contributed by atoms with Crippen LogP contribution in [0.2, 0.25) is 0 Å². The zero-order chi connectivity index (χ0) is 20.6. The van der Waals surface area contributed by atoms with Crippen molar-refractivity contribution in [1.29, 1.82) is 0 Å². The average Bonchev–Trinajstić information content (AvgIpc) is 3.18. The first-order valence-electron chi connectivity index (χ1n) is 9.91. The van der Waals surface area contributed by atoms with E-state index in [0.717, 1.165) is 26.0 Å². The van der Waals surface area contributed by atoms with Gasteiger partial charge in [0.25, 0.3) is 0 Å². The summed E-state index contributed by atoms with van der Waals surface area (Å²) in [5, 5.41) is 8.18. The molecular formula is C19H35IN4O3S2. The van der Waals surface area contributed by atoms with Gasteiger partial charge in [0.2, 0.25) is 10.0 Å². The Bertz CT molecular complexity index is 718. The van der Waals surface area contributed by atoms with Crippen LogP contribution in [0.5, 0.6) is 0 Å². The lowest BCUT2D eigenvalue weighted by Gasteiger charge is -2.39. The Morgan fingerprint density at radius 1 is 1.31 bits per heavy atom. The highest BCUT2D eigenvalue weighted by Crippen LogP contribution is 2.34. The minimum atomic E-state index is -3.43. The first-order valence-corrected chi connectivity index (χ1v) is 12.3. The smallest absolute Gasteiger partial charge is 0.250 e. The summed E-state index contributed by atoms with van der Waals surface area (Å²) in [5.41, 5.74) is 0.0897. The first kappa shape index (κ1) is 26.6. The molecule has 10 heteroatoms. The molecular weight excluding hydrogens is 523 g/mol. The van der Waals surface area contributed by atoms with Crippen molar-refractivity contribution < 1.29 is 13.2 Å². The molecule has 2 unspecified atom stereocenters. The maximum atomic E-state index is 12.1. The molecule has 0 amide bonds. The molecule has 1 saturated heterocycles. The molecule has 2 heterocycles. The quantitative estimate of drug-likeness (QED) is 0.198. The monoisotopic (exact) mass is 558 g/mol. The van der Waals surface area contributed by atoms with E-state index in [-0.39, 0.29) is 35.5 Å². The molecule has 0 aromatic carbocycles. The minimum Gasteiger partial charge on any atom is -0.377 e. The molecule has 1 aliphatic rings. The lowest BCUT2D eigenvalue weighted by molar-refractivity contribution is -0.0823. The van der Waals surface area contributed by atoms with Crippen molar-refractivity contribution >= 4 is 51.3 Å². The van der Waals surface area contributed by atoms with Gasteiger partial charge in [-0.15, -0.1) is 35.3 Å². The second-order valence-corrected chi connectivity index (χ2v) is 11.0. The fourth-order valence-electron chi connectivity index (χ4n) is 3.39. The molecule has 0 radical (unpaired) electrons. The third-order valence-corrected chi connectivity index (χ3v) is 7.45. The zero-order valence-corrected chi connectivity index (χ0v) is 21.7. The number of hydrogen-bond acceptors (Lipinski definition) is 5. The topological polar surface area (TPSA) is 91.8 Å². The highest BCUT2D eigenvalue weighted by Gasteiger charge is 2.35. The van der Waals surface area contributed by atoms with Gasteiger partial charge in [0.15, 0.2) is 5.96 Å². The average molecular weight is 559 g/mol. The van der Waals surface area contributed by atoms with Gasteiger partial charge in [-0.05, 0) is 36.6 Å². The minimum absolute atomic E-state index is 0. The largest absolute Gasteiger partial charge is 0.377 e. The molecule has 168 valence electrons. The number of sulfonamides is 1. The maximum absolute atomic E-state index is 12.1. The molecule has 3 N–H and O–H groups in total. The lowest BCUT2D eigenvalue weighted by atomic mass is 9.78. The molecule has 0 spiro atoms. The fraction of sp³-hybridized carbons (Fsp3) is 0.737. The molecule has 2 atom stereocenters. The van der Waals surface area contributed by atoms with Crippen LogP contribution >= 0.6 is 35.3 Å². The molecule has 1 fully saturated rings. The van der Waals surface area contributed by atoms with Gasteiger partial charge < -0.3 is 15.4 Å². The highest BCUT2D eigenvalue weighted by molar-refractivity contribution is 14.0. The van der Waals surface area contributed by atoms with Crippen LogP contribution in [0, 0.1) is 11.3 Å². The lowest BCUT2D eigenvalue weighted by Crippen LogP contribution is -2.44. The third-order valence-electron chi connectivity index (χ3n) is 4.60. The Morgan fingerprint density at radius 2 is 2.07 bits per heavy atom. The molecule has 2 rings (SSSR count). The number of rotatable bonds is 8. The Kier molecular flexibility index (Phi) is 11.4. The number of thiophene rings is 1. The Hall–Kier alpha value is -0.430. The molecule has 0 bridgehead atoms. The van der Waals surface area contributed by atoms with Crippen molar-refractivity contribution in [3.63, 3.8) is 0 Å². The number of guanidine groups is 1. The van der Waals surface area contributed by atoms with Crippen LogP contribution in [-0.2, 0) is 14.8 Å². The molecule has 1 aromatic heterocycles. The van der Waals surface area contributed by atoms with E-state index in [4.69, 9.17) is 9.73 Å². The highest BCUT2D eigenvalue weighted by atomic mass is 127. The van der Waals surface area contributed by atoms with E-state index in [1.54, 1.807) is 17.5 Å². The normalized spacial score (nSPS) is 20.8. The molecule has 1 aliphatic heterocycles. The van der Waals surface area contributed by atoms with Gasteiger partial charge in [0.1, 0.15) is 4.21 Å². The Morgan fingerprint density at radius 3 is 2.69 bits per heavy atom. The summed E-state index contributed by atoms with van der Waals surface area (Å²) in [6.07, 6.45) is 2.39. The van der Waals surface area contributed by atoms with E-state index in [2.05, 4.69) is 36.1 Å². The SMILES string of the molecule is CCNC(=NCC1CCCOC1C(C)(C)C)NCCNS(=O)(=O)c1cccs1.I. The van der Waals surface area contributed by atoms with Crippen LogP contribution in [0.3, 0.4) is 0 Å². The summed E-state index contributed by atoms with van der Waals surface area (Å²) in [7, 11) is -3.43. The van der Waals surface area contributed by atoms with Crippen LogP contribution < -0.4 is 15.4 Å². The predicted molar refractivity (Wildman–Crippen MR) is 131 cm³/mol. The Balaban J connectivity index is 0.00000420. The number of halogens is 1. The number of nitrogens with zero attached hydrogens (tertiary/aromatic N) is 1. The second kappa shape index (κ2) is 12.4. The molecule has 29 heavy (non-hydrogen) atoms. The fourth-order valence-corrected chi connectivity index (χ4v) is 5.46. The van der Waals surface area contributed by atoms with E-state index in [1.807, 2.05) is 6.92 Å². The van der Waals surface area contributed by atoms with E-state index in [9.17, 15) is 8.42 Å². The van der Waals surface area contributed by atoms with Crippen molar-refractivity contribution in [2.45, 2.75) is 50.8 Å². The first-order chi connectivity index (χ1) is 13.2. The van der Waals surface area contributed by atoms with E-state index < -0.39 is 10.0 Å². The Labute approximate surface area is 196 Å². The van der Waals surface area contributed by atoms with Gasteiger partial charge in [-0.2, -0.15) is 0 Å². The molecule has 1 aromatic rings. The summed E-state index contributed by atoms with van der Waals surface area (Å²) in [6, 6.07) is 3.33. The predicted octanol–water partition coefficient (Wildman–Crippen LogP) is 3.04. The van der Waals surface area contributed by atoms with Gasteiger partial charge in [-0.25, -0.2) is 13.1 Å². The van der Waals surface area contributed by atoms with E-state index >= 15 is 0 Å². The van der Waals surface area contributed by atoms with Gasteiger partial charge in [0, 0.05) is 38.7 Å². The molecule has 0 saturated carbocycles. The summed E-state index contributed by atoms with van der Waals surface area (Å²) in [4.78, 5) is 4.72. The summed E-state index contributed by atoms with van der Waals surface area (Å²) >= 11 is 1.21. The van der Waals surface area contributed by atoms with Crippen LogP contribution in [0.4, 0.5) is 0 Å². The van der Waals surface area contributed by atoms with Gasteiger partial charge in [-0.1, -0.05) is 26.8 Å². The molecule has 0 aliphatic carbocycles. The zero-order valence-electron chi connectivity index (χ0n) is 17.7. The summed E-state index contributed by atoms with van der Waals surface area (Å²) in [5.74, 6) is 1.09. The second-order valence-electron chi connectivity index (χ2n) is 8.04. The van der Waals surface area contributed by atoms with Crippen molar-refractivity contribution in [1.82, 2.24) is 15.4 Å². The maximum Gasteiger partial charge on any atom is 0.250 e. The van der Waals surface area contributed by atoms with E-state index in [1.165, 1.54) is 11.3 Å². The van der Waals surface area contributed by atoms with Crippen LogP contribution in [0.1, 0.15) is 40.5 Å². The van der Waals surface area contributed by atoms with Crippen LogP contribution in [0.15, 0.2) is 26.7 Å². The summed E-state index contributed by atoms with van der Waals surface area (Å²) < 4.78 is 33.2. The number of nitrogens with one attached hydrogen (secondary N) is 3. The summed E-state index contributed by atoms with van der Waals surface area (Å²) in [6.45, 7) is 11.7. The van der Waals surface area contributed by atoms with Crippen molar-refractivity contribution in [2.24, 2.45) is 16.3 Å². The third kappa shape index (κ3) is 8.68. The van der Waals surface area contributed by atoms with Crippen LogP contribution in [-0.4, -0.2) is 53.3 Å².